The van der Waals surface area contributed by atoms with Gasteiger partial charge in [0.15, 0.2) is 0 Å². The summed E-state index contributed by atoms with van der Waals surface area (Å²) in [4.78, 5) is 17.2. The lowest BCUT2D eigenvalue weighted by Crippen LogP contribution is -2.39. The van der Waals surface area contributed by atoms with E-state index < -0.39 is 64.8 Å². The van der Waals surface area contributed by atoms with Crippen LogP contribution in [0.5, 0.6) is 0 Å². The van der Waals surface area contributed by atoms with Crippen molar-refractivity contribution in [1.82, 2.24) is 10.3 Å². The standard InChI is InChI=1S/C20H13ClF9N3O/c21-12-7-31-14(20(28,29)30)6-13(12)33-2-1-11-15(32-17(34)16(11)33)8-3-9(18(22,23)24)5-10(4-8)19(25,26)27/h3-7,11,15-16H,1-2H2,(H,32,34)/t11-,15+,16?/m0/s1. The summed E-state index contributed by atoms with van der Waals surface area (Å²) in [6.07, 6.45) is -14.1. The third-order valence-corrected chi connectivity index (χ3v) is 6.13. The minimum Gasteiger partial charge on any atom is -0.358 e. The third kappa shape index (κ3) is 4.37. The number of anilines is 1. The van der Waals surface area contributed by atoms with E-state index in [1.54, 1.807) is 0 Å². The van der Waals surface area contributed by atoms with Crippen molar-refractivity contribution in [2.24, 2.45) is 5.92 Å². The molecule has 184 valence electrons. The summed E-state index contributed by atoms with van der Waals surface area (Å²) in [7, 11) is 0. The van der Waals surface area contributed by atoms with Crippen molar-refractivity contribution in [1.29, 1.82) is 0 Å². The minimum atomic E-state index is -5.07. The Bertz CT molecular complexity index is 1100. The average molecular weight is 518 g/mol. The molecule has 34 heavy (non-hydrogen) atoms. The van der Waals surface area contributed by atoms with Crippen molar-refractivity contribution in [3.8, 4) is 0 Å². The Morgan fingerprint density at radius 1 is 0.912 bits per heavy atom. The molecular weight excluding hydrogens is 505 g/mol. The van der Waals surface area contributed by atoms with E-state index in [2.05, 4.69) is 10.3 Å². The average Bonchev–Trinajstić information content (AvgIpc) is 3.27. The van der Waals surface area contributed by atoms with Crippen LogP contribution in [-0.4, -0.2) is 23.5 Å². The Labute approximate surface area is 190 Å². The quantitative estimate of drug-likeness (QED) is 0.508. The van der Waals surface area contributed by atoms with Gasteiger partial charge in [0.1, 0.15) is 11.7 Å². The van der Waals surface area contributed by atoms with Crippen molar-refractivity contribution in [3.05, 3.63) is 57.9 Å². The Kier molecular flexibility index (Phi) is 5.69. The Morgan fingerprint density at radius 3 is 2.03 bits per heavy atom. The molecule has 2 aliphatic heterocycles. The first kappa shape index (κ1) is 24.4. The van der Waals surface area contributed by atoms with Gasteiger partial charge in [0.25, 0.3) is 0 Å². The lowest BCUT2D eigenvalue weighted by atomic mass is 9.89. The number of pyridine rings is 1. The molecule has 4 rings (SSSR count). The van der Waals surface area contributed by atoms with E-state index in [4.69, 9.17) is 11.6 Å². The number of alkyl halides is 9. The van der Waals surface area contributed by atoms with Gasteiger partial charge in [-0.15, -0.1) is 0 Å². The van der Waals surface area contributed by atoms with Crippen LogP contribution in [0.2, 0.25) is 5.02 Å². The van der Waals surface area contributed by atoms with E-state index in [1.807, 2.05) is 0 Å². The van der Waals surface area contributed by atoms with Crippen LogP contribution < -0.4 is 10.2 Å². The number of fused-ring (bicyclic) bond motifs is 1. The van der Waals surface area contributed by atoms with Gasteiger partial charge in [-0.25, -0.2) is 0 Å². The number of halogens is 10. The predicted octanol–water partition coefficient (Wildman–Crippen LogP) is 5.86. The molecule has 0 saturated carbocycles. The zero-order valence-corrected chi connectivity index (χ0v) is 17.4. The normalized spacial score (nSPS) is 23.3. The highest BCUT2D eigenvalue weighted by atomic mass is 35.5. The first-order valence-corrected chi connectivity index (χ1v) is 10.0. The summed E-state index contributed by atoms with van der Waals surface area (Å²) in [6, 6.07) is -0.659. The number of carbonyl (C=O) groups is 1. The maximum absolute atomic E-state index is 13.3. The van der Waals surface area contributed by atoms with E-state index in [0.29, 0.717) is 18.2 Å². The van der Waals surface area contributed by atoms with Crippen molar-refractivity contribution in [2.75, 3.05) is 11.4 Å². The molecule has 14 heteroatoms. The second kappa shape index (κ2) is 7.92. The molecule has 0 spiro atoms. The predicted molar refractivity (Wildman–Crippen MR) is 101 cm³/mol. The van der Waals surface area contributed by atoms with Gasteiger partial charge in [-0.1, -0.05) is 11.6 Å². The van der Waals surface area contributed by atoms with Crippen molar-refractivity contribution in [2.45, 2.75) is 37.0 Å². The largest absolute Gasteiger partial charge is 0.433 e. The van der Waals surface area contributed by atoms with Crippen LogP contribution in [0.1, 0.15) is 34.8 Å². The van der Waals surface area contributed by atoms with Crippen LogP contribution in [0.4, 0.5) is 45.2 Å². The highest BCUT2D eigenvalue weighted by Crippen LogP contribution is 2.46. The second-order valence-electron chi connectivity index (χ2n) is 7.93. The smallest absolute Gasteiger partial charge is 0.358 e. The van der Waals surface area contributed by atoms with Gasteiger partial charge in [-0.05, 0) is 36.2 Å². The number of hydrogen-bond donors (Lipinski definition) is 1. The molecule has 0 radical (unpaired) electrons. The summed E-state index contributed by atoms with van der Waals surface area (Å²) >= 11 is 6.01. The zero-order chi connectivity index (χ0) is 25.2. The summed E-state index contributed by atoms with van der Waals surface area (Å²) in [5, 5.41) is 2.21. The third-order valence-electron chi connectivity index (χ3n) is 5.84. The summed E-state index contributed by atoms with van der Waals surface area (Å²) < 4.78 is 119. The highest BCUT2D eigenvalue weighted by molar-refractivity contribution is 6.33. The first-order chi connectivity index (χ1) is 15.6. The monoisotopic (exact) mass is 517 g/mol. The second-order valence-corrected chi connectivity index (χ2v) is 8.34. The van der Waals surface area contributed by atoms with Crippen molar-refractivity contribution >= 4 is 23.2 Å². The molecule has 0 aliphatic carbocycles. The molecule has 1 unspecified atom stereocenters. The molecule has 1 aromatic carbocycles. The van der Waals surface area contributed by atoms with E-state index in [-0.39, 0.29) is 29.7 Å². The first-order valence-electron chi connectivity index (χ1n) is 9.66. The molecule has 1 amide bonds. The molecule has 3 heterocycles. The van der Waals surface area contributed by atoms with Gasteiger partial charge in [0, 0.05) is 18.7 Å². The fraction of sp³-hybridized carbons (Fsp3) is 0.400. The Balaban J connectivity index is 1.73. The number of aromatic nitrogens is 1. The highest BCUT2D eigenvalue weighted by Gasteiger charge is 2.51. The number of amides is 1. The van der Waals surface area contributed by atoms with Crippen LogP contribution >= 0.6 is 11.6 Å². The van der Waals surface area contributed by atoms with Gasteiger partial charge in [-0.3, -0.25) is 9.78 Å². The number of benzene rings is 1. The number of nitrogens with zero attached hydrogens (tertiary/aromatic N) is 2. The van der Waals surface area contributed by atoms with Crippen LogP contribution in [0.25, 0.3) is 0 Å². The summed E-state index contributed by atoms with van der Waals surface area (Å²) in [6.45, 7) is 0.00533. The molecule has 2 aromatic rings. The minimum absolute atomic E-state index is 0.00533. The van der Waals surface area contributed by atoms with Gasteiger partial charge >= 0.3 is 18.5 Å². The van der Waals surface area contributed by atoms with Gasteiger partial charge in [-0.2, -0.15) is 39.5 Å². The Hall–Kier alpha value is -2.70. The molecule has 1 aromatic heterocycles. The van der Waals surface area contributed by atoms with Crippen LogP contribution in [0, 0.1) is 5.92 Å². The van der Waals surface area contributed by atoms with E-state index in [9.17, 15) is 44.3 Å². The molecule has 2 aliphatic rings. The van der Waals surface area contributed by atoms with Gasteiger partial charge in [0.2, 0.25) is 5.91 Å². The van der Waals surface area contributed by atoms with Crippen molar-refractivity contribution in [3.63, 3.8) is 0 Å². The molecule has 1 N–H and O–H groups in total. The van der Waals surface area contributed by atoms with Gasteiger partial charge in [0.05, 0.1) is 27.9 Å². The van der Waals surface area contributed by atoms with E-state index in [0.717, 1.165) is 6.20 Å². The lowest BCUT2D eigenvalue weighted by molar-refractivity contribution is -0.143. The molecule has 2 fully saturated rings. The van der Waals surface area contributed by atoms with E-state index >= 15 is 0 Å². The number of rotatable bonds is 2. The van der Waals surface area contributed by atoms with Crippen molar-refractivity contribution < 1.29 is 44.3 Å². The Morgan fingerprint density at radius 2 is 1.50 bits per heavy atom. The molecule has 2 saturated heterocycles. The van der Waals surface area contributed by atoms with Crippen LogP contribution in [0.15, 0.2) is 30.5 Å². The fourth-order valence-electron chi connectivity index (χ4n) is 4.41. The zero-order valence-electron chi connectivity index (χ0n) is 16.6. The number of hydrogen-bond acceptors (Lipinski definition) is 3. The maximum Gasteiger partial charge on any atom is 0.433 e. The fourth-order valence-corrected chi connectivity index (χ4v) is 4.62. The summed E-state index contributed by atoms with van der Waals surface area (Å²) in [5.74, 6) is -1.56. The lowest BCUT2D eigenvalue weighted by Gasteiger charge is -2.26. The summed E-state index contributed by atoms with van der Waals surface area (Å²) in [5.41, 5.74) is -4.89. The van der Waals surface area contributed by atoms with Gasteiger partial charge < -0.3 is 10.2 Å². The molecule has 0 bridgehead atoms. The number of nitrogens with one attached hydrogen (secondary N) is 1. The van der Waals surface area contributed by atoms with E-state index in [1.165, 1.54) is 4.90 Å². The van der Waals surface area contributed by atoms with Crippen LogP contribution in [0.3, 0.4) is 0 Å². The topological polar surface area (TPSA) is 45.2 Å². The number of carbonyl (C=O) groups excluding carboxylic acids is 1. The molecule has 3 atom stereocenters. The SMILES string of the molecule is O=C1N[C@H](c2cc(C(F)(F)F)cc(C(F)(F)F)c2)[C@@H]2CCN(c3cc(C(F)(F)F)ncc3Cl)C12. The van der Waals surface area contributed by atoms with Crippen LogP contribution in [-0.2, 0) is 23.3 Å². The maximum atomic E-state index is 13.3. The molecular formula is C20H13ClF9N3O. The molecule has 4 nitrogen and oxygen atoms in total.